The molecular weight excluding hydrogens is 575 g/mol. The first-order valence-electron chi connectivity index (χ1n) is 13.1. The molecule has 0 saturated carbocycles. The highest BCUT2D eigenvalue weighted by atomic mass is 32.2. The van der Waals surface area contributed by atoms with Crippen molar-refractivity contribution in [2.24, 2.45) is 4.99 Å². The predicted octanol–water partition coefficient (Wildman–Crippen LogP) is 3.67. The topological polar surface area (TPSA) is 126 Å². The minimum absolute atomic E-state index is 0.00341. The van der Waals surface area contributed by atoms with Crippen LogP contribution in [0.25, 0.3) is 0 Å². The molecule has 0 radical (unpaired) electrons. The van der Waals surface area contributed by atoms with Gasteiger partial charge in [0.2, 0.25) is 5.90 Å². The molecule has 13 heteroatoms. The summed E-state index contributed by atoms with van der Waals surface area (Å²) in [6.07, 6.45) is -4.35. The molecule has 0 bridgehead atoms. The van der Waals surface area contributed by atoms with Crippen molar-refractivity contribution in [2.45, 2.75) is 36.0 Å². The summed E-state index contributed by atoms with van der Waals surface area (Å²) in [6.45, 7) is -0.299. The summed E-state index contributed by atoms with van der Waals surface area (Å²) < 4.78 is 77.4. The summed E-state index contributed by atoms with van der Waals surface area (Å²) in [5, 5.41) is 8.91. The van der Waals surface area contributed by atoms with Gasteiger partial charge in [-0.1, -0.05) is 36.4 Å². The van der Waals surface area contributed by atoms with Crippen molar-refractivity contribution < 1.29 is 41.0 Å². The van der Waals surface area contributed by atoms with Gasteiger partial charge in [-0.05, 0) is 54.4 Å². The van der Waals surface area contributed by atoms with E-state index in [1.165, 1.54) is 30.3 Å². The third-order valence-electron chi connectivity index (χ3n) is 6.55. The van der Waals surface area contributed by atoms with Crippen molar-refractivity contribution in [3.63, 3.8) is 0 Å². The Hall–Kier alpha value is -3.94. The van der Waals surface area contributed by atoms with Crippen LogP contribution in [0.2, 0.25) is 0 Å². The van der Waals surface area contributed by atoms with Crippen molar-refractivity contribution in [3.05, 3.63) is 95.6 Å². The van der Waals surface area contributed by atoms with E-state index in [0.29, 0.717) is 24.3 Å². The smallest absolute Gasteiger partial charge is 0.416 e. The van der Waals surface area contributed by atoms with Gasteiger partial charge in [-0.3, -0.25) is 10.2 Å². The average molecular weight is 606 g/mol. The maximum Gasteiger partial charge on any atom is 0.416 e. The van der Waals surface area contributed by atoms with Gasteiger partial charge in [0.1, 0.15) is 12.4 Å². The first-order valence-corrected chi connectivity index (χ1v) is 14.7. The number of hydrogen-bond donors (Lipinski definition) is 3. The van der Waals surface area contributed by atoms with Crippen LogP contribution in [0.15, 0.2) is 88.8 Å². The van der Waals surface area contributed by atoms with Gasteiger partial charge in [0.05, 0.1) is 22.8 Å². The van der Waals surface area contributed by atoms with Crippen LogP contribution in [0, 0.1) is 0 Å². The lowest BCUT2D eigenvalue weighted by Gasteiger charge is -2.23. The molecule has 3 aromatic rings. The Balaban J connectivity index is 1.54. The summed E-state index contributed by atoms with van der Waals surface area (Å²) in [4.78, 5) is 18.0. The highest BCUT2D eigenvalue weighted by Gasteiger charge is 2.45. The van der Waals surface area contributed by atoms with Crippen molar-refractivity contribution >= 4 is 21.6 Å². The first-order chi connectivity index (χ1) is 20.0. The molecule has 0 aromatic heterocycles. The highest BCUT2D eigenvalue weighted by Crippen LogP contribution is 2.32. The number of rotatable bonds is 13. The number of alkyl halides is 3. The normalized spacial score (nSPS) is 16.9. The molecule has 1 aliphatic heterocycles. The molecule has 224 valence electrons. The number of ether oxygens (including phenoxy) is 2. The fourth-order valence-electron chi connectivity index (χ4n) is 4.24. The molecule has 0 saturated heterocycles. The van der Waals surface area contributed by atoms with E-state index in [2.05, 4.69) is 15.8 Å². The zero-order valence-corrected chi connectivity index (χ0v) is 23.2. The summed E-state index contributed by atoms with van der Waals surface area (Å²) in [5.74, 6) is -0.535. The summed E-state index contributed by atoms with van der Waals surface area (Å²) >= 11 is 0. The molecule has 9 nitrogen and oxygen atoms in total. The number of benzene rings is 3. The van der Waals surface area contributed by atoms with Crippen LogP contribution in [0.4, 0.5) is 13.2 Å². The third-order valence-corrected chi connectivity index (χ3v) is 8.28. The number of hydrogen-bond acceptors (Lipinski definition) is 8. The molecule has 4 rings (SSSR count). The Kier molecular flexibility index (Phi) is 9.86. The molecule has 42 heavy (non-hydrogen) atoms. The molecule has 0 fully saturated rings. The lowest BCUT2D eigenvalue weighted by atomic mass is 9.98. The second-order valence-electron chi connectivity index (χ2n) is 9.53. The van der Waals surface area contributed by atoms with Crippen molar-refractivity contribution in [1.82, 2.24) is 10.9 Å². The Bertz CT molecular complexity index is 1500. The minimum atomic E-state index is -4.58. The number of aliphatic hydroxyl groups is 1. The lowest BCUT2D eigenvalue weighted by molar-refractivity contribution is -0.138. The molecule has 1 atom stereocenters. The average Bonchev–Trinajstić information content (AvgIpc) is 3.43. The molecule has 0 spiro atoms. The fourth-order valence-corrected chi connectivity index (χ4v) is 5.65. The van der Waals surface area contributed by atoms with Crippen LogP contribution in [-0.2, 0) is 32.1 Å². The van der Waals surface area contributed by atoms with Crippen LogP contribution in [0.1, 0.15) is 29.5 Å². The zero-order valence-electron chi connectivity index (χ0n) is 22.4. The van der Waals surface area contributed by atoms with E-state index in [4.69, 9.17) is 14.6 Å². The van der Waals surface area contributed by atoms with Crippen LogP contribution >= 0.6 is 0 Å². The largest absolute Gasteiger partial charge is 0.494 e. The van der Waals surface area contributed by atoms with E-state index in [-0.39, 0.29) is 42.5 Å². The predicted molar refractivity (Wildman–Crippen MR) is 148 cm³/mol. The van der Waals surface area contributed by atoms with Gasteiger partial charge in [0.25, 0.3) is 5.91 Å². The number of aliphatic hydroxyl groups excluding tert-OH is 1. The number of amides is 1. The van der Waals surface area contributed by atoms with E-state index < -0.39 is 38.8 Å². The monoisotopic (exact) mass is 605 g/mol. The number of carbonyl (C=O) groups is 1. The second kappa shape index (κ2) is 13.4. The van der Waals surface area contributed by atoms with Gasteiger partial charge in [-0.2, -0.15) is 13.2 Å². The standard InChI is InChI=1S/C29H30F3N3O6S/c30-29(31,32)25-10-5-4-7-22(25)19-33-35-27(37)28(15-18-42(38,39)24-8-2-1-3-9-24)20-41-26(34-28)21-11-13-23(14-12-21)40-17-6-16-36/h1-5,7-14,33,36H,6,15-20H2,(H,35,37)/t28-/m0/s1. The first kappa shape index (κ1) is 31.0. The van der Waals surface area contributed by atoms with Gasteiger partial charge in [-0.15, -0.1) is 0 Å². The molecular formula is C29H30F3N3O6S. The van der Waals surface area contributed by atoms with Gasteiger partial charge in [0.15, 0.2) is 15.4 Å². The second-order valence-corrected chi connectivity index (χ2v) is 11.6. The van der Waals surface area contributed by atoms with Crippen LogP contribution < -0.4 is 15.6 Å². The molecule has 1 heterocycles. The zero-order chi connectivity index (χ0) is 30.2. The Morgan fingerprint density at radius 3 is 2.40 bits per heavy atom. The van der Waals surface area contributed by atoms with Gasteiger partial charge >= 0.3 is 6.18 Å². The van der Waals surface area contributed by atoms with Crippen LogP contribution in [-0.4, -0.2) is 56.4 Å². The number of halogens is 3. The molecule has 0 unspecified atom stereocenters. The third kappa shape index (κ3) is 7.66. The SMILES string of the molecule is O=C(NNCc1ccccc1C(F)(F)F)[C@]1(CCS(=O)(=O)c2ccccc2)COC(c2ccc(OCCCO)cc2)=N1. The molecule has 3 aromatic carbocycles. The number of nitrogens with one attached hydrogen (secondary N) is 2. The minimum Gasteiger partial charge on any atom is -0.494 e. The maximum absolute atomic E-state index is 13.5. The Morgan fingerprint density at radius 1 is 1.02 bits per heavy atom. The van der Waals surface area contributed by atoms with Crippen molar-refractivity contribution in [3.8, 4) is 5.75 Å². The van der Waals surface area contributed by atoms with Gasteiger partial charge in [-0.25, -0.2) is 18.8 Å². The van der Waals surface area contributed by atoms with E-state index >= 15 is 0 Å². The number of aliphatic imine (C=N–C) groups is 1. The molecule has 3 N–H and O–H groups in total. The van der Waals surface area contributed by atoms with Gasteiger partial charge < -0.3 is 14.6 Å². The lowest BCUT2D eigenvalue weighted by Crippen LogP contribution is -2.52. The number of sulfone groups is 1. The maximum atomic E-state index is 13.5. The van der Waals surface area contributed by atoms with Gasteiger partial charge in [0, 0.05) is 25.1 Å². The molecule has 1 amide bonds. The summed E-state index contributed by atoms with van der Waals surface area (Å²) in [6, 6.07) is 19.4. The van der Waals surface area contributed by atoms with E-state index in [1.807, 2.05) is 0 Å². The summed E-state index contributed by atoms with van der Waals surface area (Å²) in [5.41, 5.74) is 2.83. The number of nitrogens with zero attached hydrogens (tertiary/aromatic N) is 1. The van der Waals surface area contributed by atoms with Crippen LogP contribution in [0.3, 0.4) is 0 Å². The van der Waals surface area contributed by atoms with E-state index in [0.717, 1.165) is 6.07 Å². The molecule has 1 aliphatic rings. The van der Waals surface area contributed by atoms with E-state index in [1.54, 1.807) is 42.5 Å². The fraction of sp³-hybridized carbons (Fsp3) is 0.310. The highest BCUT2D eigenvalue weighted by molar-refractivity contribution is 7.91. The quantitative estimate of drug-likeness (QED) is 0.201. The van der Waals surface area contributed by atoms with Crippen molar-refractivity contribution in [2.75, 3.05) is 25.6 Å². The van der Waals surface area contributed by atoms with Crippen LogP contribution in [0.5, 0.6) is 5.75 Å². The summed E-state index contributed by atoms with van der Waals surface area (Å²) in [7, 11) is -3.79. The Labute approximate surface area is 241 Å². The number of hydrazine groups is 1. The van der Waals surface area contributed by atoms with E-state index in [9.17, 15) is 26.4 Å². The Morgan fingerprint density at radius 2 is 1.71 bits per heavy atom. The van der Waals surface area contributed by atoms with Crippen molar-refractivity contribution in [1.29, 1.82) is 0 Å². The number of carbonyl (C=O) groups excluding carboxylic acids is 1. The molecule has 0 aliphatic carbocycles.